The Morgan fingerprint density at radius 1 is 1.08 bits per heavy atom. The van der Waals surface area contributed by atoms with Crippen molar-refractivity contribution in [2.24, 2.45) is 0 Å². The molecule has 0 saturated carbocycles. The maximum absolute atomic E-state index is 12.8. The monoisotopic (exact) mass is 382 g/mol. The Morgan fingerprint density at radius 2 is 1.73 bits per heavy atom. The summed E-state index contributed by atoms with van der Waals surface area (Å²) in [7, 11) is 0. The molecule has 0 bridgehead atoms. The van der Waals surface area contributed by atoms with E-state index >= 15 is 0 Å². The lowest BCUT2D eigenvalue weighted by molar-refractivity contribution is -0.134. The van der Waals surface area contributed by atoms with Crippen molar-refractivity contribution in [2.75, 3.05) is 6.54 Å². The number of halogens is 3. The van der Waals surface area contributed by atoms with Crippen molar-refractivity contribution in [1.82, 2.24) is 9.80 Å². The lowest BCUT2D eigenvalue weighted by Crippen LogP contribution is -2.32. The third kappa shape index (κ3) is 3.75. The van der Waals surface area contributed by atoms with E-state index in [0.717, 1.165) is 22.1 Å². The summed E-state index contributed by atoms with van der Waals surface area (Å²) in [6, 6.07) is 8.18. The fourth-order valence-corrected chi connectivity index (χ4v) is 3.78. The molecule has 8 heteroatoms. The number of alkyl halides is 3. The highest BCUT2D eigenvalue weighted by molar-refractivity contribution is 7.12. The van der Waals surface area contributed by atoms with Gasteiger partial charge in [-0.05, 0) is 31.0 Å². The predicted molar refractivity (Wildman–Crippen MR) is 91.6 cm³/mol. The summed E-state index contributed by atoms with van der Waals surface area (Å²) in [6.45, 7) is 3.60. The summed E-state index contributed by atoms with van der Waals surface area (Å²) in [4.78, 5) is 26.8. The van der Waals surface area contributed by atoms with Crippen LogP contribution in [0.4, 0.5) is 18.0 Å². The minimum Gasteiger partial charge on any atom is -0.311 e. The minimum absolute atomic E-state index is 0.0662. The van der Waals surface area contributed by atoms with Crippen LogP contribution in [-0.2, 0) is 24.1 Å². The first kappa shape index (κ1) is 18.4. The molecule has 0 atom stereocenters. The molecule has 26 heavy (non-hydrogen) atoms. The molecule has 1 aromatic carbocycles. The standard InChI is InChI=1S/C18H17F3N2O2S/c1-11-3-5-13(6-4-11)8-22-10-16(24)23(17(22)25)9-14-12(2)7-15(26-14)18(19,20)21/h3-7H,8-10H2,1-2H3. The Hall–Kier alpha value is -2.35. The molecule has 0 spiro atoms. The van der Waals surface area contributed by atoms with Crippen LogP contribution in [-0.4, -0.2) is 28.3 Å². The summed E-state index contributed by atoms with van der Waals surface area (Å²) >= 11 is 0.575. The minimum atomic E-state index is -4.43. The van der Waals surface area contributed by atoms with Crippen LogP contribution in [0.2, 0.25) is 0 Å². The van der Waals surface area contributed by atoms with Crippen LogP contribution in [0, 0.1) is 13.8 Å². The Morgan fingerprint density at radius 3 is 2.31 bits per heavy atom. The molecule has 2 heterocycles. The van der Waals surface area contributed by atoms with E-state index in [9.17, 15) is 22.8 Å². The topological polar surface area (TPSA) is 40.6 Å². The average molecular weight is 382 g/mol. The Bertz CT molecular complexity index is 843. The zero-order valence-electron chi connectivity index (χ0n) is 14.3. The summed E-state index contributed by atoms with van der Waals surface area (Å²) in [5.74, 6) is -0.400. The van der Waals surface area contributed by atoms with Crippen LogP contribution in [0.3, 0.4) is 0 Å². The Labute approximate surface area is 152 Å². The summed E-state index contributed by atoms with van der Waals surface area (Å²) in [6.07, 6.45) is -4.43. The molecule has 1 aliphatic rings. The van der Waals surface area contributed by atoms with Crippen LogP contribution in [0.5, 0.6) is 0 Å². The van der Waals surface area contributed by atoms with Crippen LogP contribution in [0.15, 0.2) is 30.3 Å². The lowest BCUT2D eigenvalue weighted by Gasteiger charge is -2.17. The lowest BCUT2D eigenvalue weighted by atomic mass is 10.1. The van der Waals surface area contributed by atoms with Gasteiger partial charge in [0.15, 0.2) is 0 Å². The molecule has 1 aliphatic heterocycles. The van der Waals surface area contributed by atoms with Crippen molar-refractivity contribution >= 4 is 23.3 Å². The van der Waals surface area contributed by atoms with Crippen molar-refractivity contribution in [3.8, 4) is 0 Å². The van der Waals surface area contributed by atoms with Gasteiger partial charge in [-0.15, -0.1) is 11.3 Å². The van der Waals surface area contributed by atoms with Gasteiger partial charge >= 0.3 is 12.2 Å². The number of carbonyl (C=O) groups excluding carboxylic acids is 2. The number of rotatable bonds is 4. The van der Waals surface area contributed by atoms with E-state index in [4.69, 9.17) is 0 Å². The summed E-state index contributed by atoms with van der Waals surface area (Å²) in [5, 5.41) is 0. The van der Waals surface area contributed by atoms with E-state index in [1.165, 1.54) is 4.90 Å². The smallest absolute Gasteiger partial charge is 0.311 e. The molecule has 2 aromatic rings. The number of urea groups is 1. The fourth-order valence-electron chi connectivity index (χ4n) is 2.75. The van der Waals surface area contributed by atoms with Gasteiger partial charge in [-0.1, -0.05) is 29.8 Å². The third-order valence-electron chi connectivity index (χ3n) is 4.22. The molecule has 0 aliphatic carbocycles. The van der Waals surface area contributed by atoms with Crippen LogP contribution < -0.4 is 0 Å². The Balaban J connectivity index is 1.73. The highest BCUT2D eigenvalue weighted by atomic mass is 32.1. The highest BCUT2D eigenvalue weighted by Gasteiger charge is 2.38. The molecule has 3 rings (SSSR count). The molecular weight excluding hydrogens is 365 g/mol. The van der Waals surface area contributed by atoms with Gasteiger partial charge in [-0.2, -0.15) is 13.2 Å². The van der Waals surface area contributed by atoms with Crippen molar-refractivity contribution in [1.29, 1.82) is 0 Å². The fraction of sp³-hybridized carbons (Fsp3) is 0.333. The van der Waals surface area contributed by atoms with Gasteiger partial charge < -0.3 is 4.90 Å². The molecule has 0 unspecified atom stereocenters. The zero-order valence-corrected chi connectivity index (χ0v) is 15.1. The van der Waals surface area contributed by atoms with E-state index < -0.39 is 23.0 Å². The van der Waals surface area contributed by atoms with E-state index in [2.05, 4.69) is 0 Å². The predicted octanol–water partition coefficient (Wildman–Crippen LogP) is 4.35. The molecular formula is C18H17F3N2O2S. The Kier molecular flexibility index (Phi) is 4.79. The van der Waals surface area contributed by atoms with E-state index in [-0.39, 0.29) is 13.1 Å². The number of amides is 3. The molecule has 138 valence electrons. The van der Waals surface area contributed by atoms with Crippen molar-refractivity contribution in [2.45, 2.75) is 33.1 Å². The van der Waals surface area contributed by atoms with E-state index in [0.29, 0.717) is 28.3 Å². The van der Waals surface area contributed by atoms with Gasteiger partial charge in [0.2, 0.25) is 0 Å². The van der Waals surface area contributed by atoms with Crippen LogP contribution in [0.1, 0.15) is 26.4 Å². The molecule has 0 N–H and O–H groups in total. The number of hydrogen-bond donors (Lipinski definition) is 0. The van der Waals surface area contributed by atoms with Crippen LogP contribution >= 0.6 is 11.3 Å². The first-order chi connectivity index (χ1) is 12.1. The molecule has 1 saturated heterocycles. The first-order valence-corrected chi connectivity index (χ1v) is 8.78. The molecule has 1 aromatic heterocycles. The molecule has 3 amide bonds. The number of benzene rings is 1. The second-order valence-corrected chi connectivity index (χ2v) is 7.46. The van der Waals surface area contributed by atoms with Crippen molar-refractivity contribution in [3.05, 3.63) is 56.8 Å². The zero-order chi connectivity index (χ0) is 19.1. The van der Waals surface area contributed by atoms with Gasteiger partial charge in [0.1, 0.15) is 11.4 Å². The number of aryl methyl sites for hydroxylation is 2. The number of thiophene rings is 1. The van der Waals surface area contributed by atoms with Gasteiger partial charge in [-0.25, -0.2) is 4.79 Å². The second-order valence-electron chi connectivity index (χ2n) is 6.32. The number of nitrogens with zero attached hydrogens (tertiary/aromatic N) is 2. The normalized spacial score (nSPS) is 15.3. The maximum atomic E-state index is 12.8. The highest BCUT2D eigenvalue weighted by Crippen LogP contribution is 2.37. The SMILES string of the molecule is Cc1ccc(CN2CC(=O)N(Cc3sc(C(F)(F)F)cc3C)C2=O)cc1. The largest absolute Gasteiger partial charge is 0.425 e. The van der Waals surface area contributed by atoms with E-state index in [1.54, 1.807) is 6.92 Å². The van der Waals surface area contributed by atoms with E-state index in [1.807, 2.05) is 31.2 Å². The number of imide groups is 1. The van der Waals surface area contributed by atoms with Gasteiger partial charge in [0, 0.05) is 11.4 Å². The van der Waals surface area contributed by atoms with Crippen molar-refractivity contribution < 1.29 is 22.8 Å². The molecule has 0 radical (unpaired) electrons. The third-order valence-corrected chi connectivity index (χ3v) is 5.49. The summed E-state index contributed by atoms with van der Waals surface area (Å²) < 4.78 is 38.5. The van der Waals surface area contributed by atoms with Gasteiger partial charge in [-0.3, -0.25) is 9.69 Å². The van der Waals surface area contributed by atoms with Crippen LogP contribution in [0.25, 0.3) is 0 Å². The quantitative estimate of drug-likeness (QED) is 0.738. The second kappa shape index (κ2) is 6.75. The van der Waals surface area contributed by atoms with Gasteiger partial charge in [0.25, 0.3) is 5.91 Å². The van der Waals surface area contributed by atoms with Gasteiger partial charge in [0.05, 0.1) is 6.54 Å². The average Bonchev–Trinajstić information content (AvgIpc) is 3.05. The molecule has 4 nitrogen and oxygen atoms in total. The maximum Gasteiger partial charge on any atom is 0.425 e. The van der Waals surface area contributed by atoms with Crippen molar-refractivity contribution in [3.63, 3.8) is 0 Å². The molecule has 1 fully saturated rings. The number of hydrogen-bond acceptors (Lipinski definition) is 3. The number of carbonyl (C=O) groups is 2. The summed E-state index contributed by atoms with van der Waals surface area (Å²) in [5.41, 5.74) is 2.41. The first-order valence-electron chi connectivity index (χ1n) is 7.96.